The second kappa shape index (κ2) is 5.70. The molecule has 0 amide bonds. The third-order valence-corrected chi connectivity index (χ3v) is 3.79. The highest BCUT2D eigenvalue weighted by Crippen LogP contribution is 2.33. The van der Waals surface area contributed by atoms with Crippen molar-refractivity contribution in [1.82, 2.24) is 0 Å². The fourth-order valence-corrected chi connectivity index (χ4v) is 2.61. The molecule has 90 valence electrons. The molecule has 0 aliphatic carbocycles. The summed E-state index contributed by atoms with van der Waals surface area (Å²) in [5.74, 6) is 0. The summed E-state index contributed by atoms with van der Waals surface area (Å²) >= 11 is 6.43. The summed E-state index contributed by atoms with van der Waals surface area (Å²) in [4.78, 5) is 0. The Bertz CT molecular complexity index is 345. The molecule has 1 unspecified atom stereocenters. The first-order valence-corrected chi connectivity index (χ1v) is 6.25. The molecule has 0 aliphatic rings. The summed E-state index contributed by atoms with van der Waals surface area (Å²) in [5, 5.41) is 8.87. The maximum Gasteiger partial charge on any atom is 0.0591 e. The van der Waals surface area contributed by atoms with Gasteiger partial charge in [0.05, 0.1) is 5.38 Å². The smallest absolute Gasteiger partial charge is 0.0591 e. The van der Waals surface area contributed by atoms with Crippen molar-refractivity contribution in [1.29, 1.82) is 0 Å². The van der Waals surface area contributed by atoms with Gasteiger partial charge in [0, 0.05) is 6.61 Å². The monoisotopic (exact) mass is 240 g/mol. The van der Waals surface area contributed by atoms with Gasteiger partial charge >= 0.3 is 0 Å². The average molecular weight is 241 g/mol. The largest absolute Gasteiger partial charge is 0.396 e. The number of rotatable bonds is 4. The van der Waals surface area contributed by atoms with E-state index in [9.17, 15) is 0 Å². The van der Waals surface area contributed by atoms with Crippen molar-refractivity contribution in [2.45, 2.75) is 45.9 Å². The molecule has 1 rings (SSSR count). The molecule has 1 nitrogen and oxygen atoms in total. The van der Waals surface area contributed by atoms with Gasteiger partial charge < -0.3 is 5.11 Å². The number of aryl methyl sites for hydroxylation is 2. The van der Waals surface area contributed by atoms with E-state index in [4.69, 9.17) is 16.7 Å². The van der Waals surface area contributed by atoms with E-state index in [1.54, 1.807) is 0 Å². The SMILES string of the molecule is Cc1cc(C)c(C)c(C(Cl)CCCO)c1C. The summed E-state index contributed by atoms with van der Waals surface area (Å²) in [6.07, 6.45) is 1.60. The van der Waals surface area contributed by atoms with Gasteiger partial charge in [-0.25, -0.2) is 0 Å². The predicted molar refractivity (Wildman–Crippen MR) is 70.3 cm³/mol. The Balaban J connectivity index is 3.11. The molecule has 1 atom stereocenters. The molecule has 0 heterocycles. The van der Waals surface area contributed by atoms with E-state index in [1.807, 2.05) is 0 Å². The molecular weight excluding hydrogens is 220 g/mol. The van der Waals surface area contributed by atoms with E-state index in [-0.39, 0.29) is 12.0 Å². The Kier molecular flexibility index (Phi) is 4.82. The Morgan fingerprint density at radius 2 is 1.62 bits per heavy atom. The van der Waals surface area contributed by atoms with Crippen LogP contribution in [-0.2, 0) is 0 Å². The molecule has 0 aliphatic heterocycles. The van der Waals surface area contributed by atoms with Crippen LogP contribution in [0.3, 0.4) is 0 Å². The van der Waals surface area contributed by atoms with Gasteiger partial charge in [-0.3, -0.25) is 0 Å². The number of alkyl halides is 1. The first-order valence-electron chi connectivity index (χ1n) is 5.81. The Morgan fingerprint density at radius 1 is 1.12 bits per heavy atom. The Hall–Kier alpha value is -0.530. The number of aliphatic hydroxyl groups is 1. The maximum absolute atomic E-state index is 8.85. The van der Waals surface area contributed by atoms with Crippen molar-refractivity contribution in [2.24, 2.45) is 0 Å². The molecule has 0 saturated heterocycles. The van der Waals surface area contributed by atoms with Crippen molar-refractivity contribution in [3.63, 3.8) is 0 Å². The second-order valence-corrected chi connectivity index (χ2v) is 5.03. The third kappa shape index (κ3) is 2.78. The van der Waals surface area contributed by atoms with Crippen LogP contribution in [-0.4, -0.2) is 11.7 Å². The molecule has 0 aromatic heterocycles. The average Bonchev–Trinajstić information content (AvgIpc) is 2.24. The highest BCUT2D eigenvalue weighted by atomic mass is 35.5. The van der Waals surface area contributed by atoms with Gasteiger partial charge in [-0.05, 0) is 68.4 Å². The zero-order valence-corrected chi connectivity index (χ0v) is 11.4. The van der Waals surface area contributed by atoms with Crippen molar-refractivity contribution in [2.75, 3.05) is 6.61 Å². The minimum absolute atomic E-state index is 0.0192. The lowest BCUT2D eigenvalue weighted by Crippen LogP contribution is -2.03. The molecule has 0 fully saturated rings. The standard InChI is InChI=1S/C14H21ClO/c1-9-8-10(2)12(4)14(11(9)3)13(15)6-5-7-16/h8,13,16H,5-7H2,1-4H3. The highest BCUT2D eigenvalue weighted by Gasteiger charge is 2.15. The van der Waals surface area contributed by atoms with Crippen LogP contribution in [0, 0.1) is 27.7 Å². The van der Waals surface area contributed by atoms with E-state index < -0.39 is 0 Å². The second-order valence-electron chi connectivity index (χ2n) is 4.51. The van der Waals surface area contributed by atoms with E-state index >= 15 is 0 Å². The molecule has 1 aromatic carbocycles. The topological polar surface area (TPSA) is 20.2 Å². The normalized spacial score (nSPS) is 12.9. The fourth-order valence-electron chi connectivity index (χ4n) is 2.13. The lowest BCUT2D eigenvalue weighted by molar-refractivity contribution is 0.284. The summed E-state index contributed by atoms with van der Waals surface area (Å²) in [5.41, 5.74) is 6.44. The zero-order valence-electron chi connectivity index (χ0n) is 10.6. The van der Waals surface area contributed by atoms with Crippen molar-refractivity contribution in [3.05, 3.63) is 33.9 Å². The van der Waals surface area contributed by atoms with Crippen LogP contribution in [0.5, 0.6) is 0 Å². The van der Waals surface area contributed by atoms with Crippen LogP contribution in [0.15, 0.2) is 6.07 Å². The van der Waals surface area contributed by atoms with Crippen LogP contribution in [0.25, 0.3) is 0 Å². The van der Waals surface area contributed by atoms with Gasteiger partial charge in [-0.2, -0.15) is 0 Å². The lowest BCUT2D eigenvalue weighted by atomic mass is 9.91. The third-order valence-electron chi connectivity index (χ3n) is 3.35. The van der Waals surface area contributed by atoms with Crippen LogP contribution in [0.4, 0.5) is 0 Å². The highest BCUT2D eigenvalue weighted by molar-refractivity contribution is 6.21. The minimum Gasteiger partial charge on any atom is -0.396 e. The molecule has 0 bridgehead atoms. The Morgan fingerprint density at radius 3 is 2.06 bits per heavy atom. The van der Waals surface area contributed by atoms with Gasteiger partial charge in [0.2, 0.25) is 0 Å². The summed E-state index contributed by atoms with van der Waals surface area (Å²) in [6, 6.07) is 2.21. The molecule has 1 N–H and O–H groups in total. The van der Waals surface area contributed by atoms with Gasteiger partial charge in [0.25, 0.3) is 0 Å². The molecule has 0 spiro atoms. The summed E-state index contributed by atoms with van der Waals surface area (Å²) in [6.45, 7) is 8.73. The van der Waals surface area contributed by atoms with Crippen LogP contribution < -0.4 is 0 Å². The molecule has 0 radical (unpaired) electrons. The number of benzene rings is 1. The first kappa shape index (κ1) is 13.5. The van der Waals surface area contributed by atoms with E-state index in [0.29, 0.717) is 0 Å². The zero-order chi connectivity index (χ0) is 12.3. The summed E-state index contributed by atoms with van der Waals surface area (Å²) < 4.78 is 0. The molecular formula is C14H21ClO. The van der Waals surface area contributed by atoms with Crippen molar-refractivity contribution >= 4 is 11.6 Å². The molecule has 0 saturated carbocycles. The number of halogens is 1. The van der Waals surface area contributed by atoms with Gasteiger partial charge in [0.15, 0.2) is 0 Å². The van der Waals surface area contributed by atoms with E-state index in [0.717, 1.165) is 12.8 Å². The maximum atomic E-state index is 8.85. The number of hydrogen-bond donors (Lipinski definition) is 1. The van der Waals surface area contributed by atoms with Gasteiger partial charge in [-0.15, -0.1) is 11.6 Å². The van der Waals surface area contributed by atoms with Crippen LogP contribution >= 0.6 is 11.6 Å². The van der Waals surface area contributed by atoms with E-state index in [1.165, 1.54) is 27.8 Å². The Labute approximate surface area is 103 Å². The number of aliphatic hydroxyl groups excluding tert-OH is 1. The predicted octanol–water partition coefficient (Wildman–Crippen LogP) is 3.97. The van der Waals surface area contributed by atoms with Gasteiger partial charge in [0.1, 0.15) is 0 Å². The molecule has 2 heteroatoms. The van der Waals surface area contributed by atoms with Crippen LogP contribution in [0.1, 0.15) is 46.0 Å². The molecule has 16 heavy (non-hydrogen) atoms. The van der Waals surface area contributed by atoms with Crippen LogP contribution in [0.2, 0.25) is 0 Å². The molecule has 1 aromatic rings. The van der Waals surface area contributed by atoms with Crippen molar-refractivity contribution < 1.29 is 5.11 Å². The van der Waals surface area contributed by atoms with Crippen molar-refractivity contribution in [3.8, 4) is 0 Å². The van der Waals surface area contributed by atoms with Gasteiger partial charge in [-0.1, -0.05) is 6.07 Å². The quantitative estimate of drug-likeness (QED) is 0.790. The fraction of sp³-hybridized carbons (Fsp3) is 0.571. The first-order chi connectivity index (χ1) is 7.49. The number of hydrogen-bond acceptors (Lipinski definition) is 1. The minimum atomic E-state index is 0.0192. The lowest BCUT2D eigenvalue weighted by Gasteiger charge is -2.19. The summed E-state index contributed by atoms with van der Waals surface area (Å²) in [7, 11) is 0. The van der Waals surface area contributed by atoms with E-state index in [2.05, 4.69) is 33.8 Å².